The first-order chi connectivity index (χ1) is 10.7. The zero-order valence-corrected chi connectivity index (χ0v) is 16.2. The molecule has 138 valence electrons. The van der Waals surface area contributed by atoms with Crippen LogP contribution in [0.2, 0.25) is 5.02 Å². The third-order valence-electron chi connectivity index (χ3n) is 3.20. The zero-order valence-electron chi connectivity index (χ0n) is 13.8. The fourth-order valence-electron chi connectivity index (χ4n) is 1.91. The molecule has 1 aromatic carbocycles. The van der Waals surface area contributed by atoms with E-state index in [2.05, 4.69) is 0 Å². The largest absolute Gasteiger partial charge is 0.493 e. The molecule has 1 aromatic rings. The van der Waals surface area contributed by atoms with Crippen molar-refractivity contribution in [3.05, 3.63) is 29.3 Å². The average molecular weight is 399 g/mol. The maximum Gasteiger partial charge on any atom is 0.239 e. The summed E-state index contributed by atoms with van der Waals surface area (Å²) in [5.74, 6) is 0.318. The van der Waals surface area contributed by atoms with E-state index in [-0.39, 0.29) is 30.5 Å². The predicted octanol–water partition coefficient (Wildman–Crippen LogP) is 1.75. The molecule has 24 heavy (non-hydrogen) atoms. The Morgan fingerprint density at radius 1 is 1.42 bits per heavy atom. The second kappa shape index (κ2) is 10.8. The Bertz CT molecular complexity index is 626. The molecule has 1 unspecified atom stereocenters. The molecule has 0 bridgehead atoms. The number of nitrogens with two attached hydrogens (primary N) is 1. The van der Waals surface area contributed by atoms with Crippen molar-refractivity contribution >= 4 is 39.8 Å². The molecule has 0 aliphatic carbocycles. The highest BCUT2D eigenvalue weighted by molar-refractivity contribution is 7.90. The van der Waals surface area contributed by atoms with Gasteiger partial charge in [-0.1, -0.05) is 17.7 Å². The van der Waals surface area contributed by atoms with Crippen LogP contribution in [0.3, 0.4) is 0 Å². The number of halogens is 2. The molecule has 9 heteroatoms. The van der Waals surface area contributed by atoms with Crippen LogP contribution in [0.4, 0.5) is 0 Å². The Labute approximate surface area is 154 Å². The lowest BCUT2D eigenvalue weighted by atomic mass is 10.2. The summed E-state index contributed by atoms with van der Waals surface area (Å²) in [6, 6.07) is 6.29. The van der Waals surface area contributed by atoms with E-state index in [0.29, 0.717) is 30.3 Å². The van der Waals surface area contributed by atoms with Gasteiger partial charge in [0.2, 0.25) is 5.91 Å². The van der Waals surface area contributed by atoms with Crippen molar-refractivity contribution in [2.45, 2.75) is 18.9 Å². The van der Waals surface area contributed by atoms with E-state index in [4.69, 9.17) is 22.1 Å². The molecule has 6 nitrogen and oxygen atoms in total. The molecule has 0 radical (unpaired) electrons. The molecule has 0 fully saturated rings. The van der Waals surface area contributed by atoms with Crippen LogP contribution in [0.1, 0.15) is 12.8 Å². The number of likely N-dealkylation sites (N-methyl/N-ethyl adjacent to an activating group) is 1. The number of sulfone groups is 1. The molecule has 2 N–H and O–H groups in total. The summed E-state index contributed by atoms with van der Waals surface area (Å²) in [5.41, 5.74) is 5.74. The number of hydrogen-bond donors (Lipinski definition) is 1. The van der Waals surface area contributed by atoms with Gasteiger partial charge < -0.3 is 15.4 Å². The number of carbonyl (C=O) groups excluding carboxylic acids is 1. The van der Waals surface area contributed by atoms with Crippen LogP contribution in [0.25, 0.3) is 0 Å². The van der Waals surface area contributed by atoms with Crippen LogP contribution in [0.15, 0.2) is 24.3 Å². The van der Waals surface area contributed by atoms with Gasteiger partial charge in [0.25, 0.3) is 0 Å². The summed E-state index contributed by atoms with van der Waals surface area (Å²) < 4.78 is 27.7. The van der Waals surface area contributed by atoms with Crippen LogP contribution in [-0.4, -0.2) is 57.5 Å². The van der Waals surface area contributed by atoms with Crippen LogP contribution < -0.4 is 10.5 Å². The molecule has 1 atom stereocenters. The fraction of sp³-hybridized carbons (Fsp3) is 0.533. The number of carbonyl (C=O) groups is 1. The van der Waals surface area contributed by atoms with Crippen LogP contribution in [0, 0.1) is 0 Å². The topological polar surface area (TPSA) is 89.7 Å². The van der Waals surface area contributed by atoms with Gasteiger partial charge in [-0.25, -0.2) is 8.42 Å². The van der Waals surface area contributed by atoms with E-state index < -0.39 is 15.9 Å². The molecule has 0 heterocycles. The van der Waals surface area contributed by atoms with E-state index in [1.54, 1.807) is 25.2 Å². The highest BCUT2D eigenvalue weighted by Crippen LogP contribution is 2.17. The summed E-state index contributed by atoms with van der Waals surface area (Å²) in [6.07, 6.45) is 1.88. The van der Waals surface area contributed by atoms with Crippen molar-refractivity contribution in [1.29, 1.82) is 0 Å². The van der Waals surface area contributed by atoms with Crippen molar-refractivity contribution < 1.29 is 17.9 Å². The molecule has 1 rings (SSSR count). The molecular weight excluding hydrogens is 375 g/mol. The molecule has 0 spiro atoms. The minimum Gasteiger partial charge on any atom is -0.493 e. The van der Waals surface area contributed by atoms with Crippen molar-refractivity contribution in [1.82, 2.24) is 4.90 Å². The van der Waals surface area contributed by atoms with Gasteiger partial charge in [-0.2, -0.15) is 0 Å². The van der Waals surface area contributed by atoms with E-state index in [0.717, 1.165) is 6.26 Å². The van der Waals surface area contributed by atoms with Gasteiger partial charge in [0.1, 0.15) is 15.6 Å². The summed E-state index contributed by atoms with van der Waals surface area (Å²) >= 11 is 5.86. The molecule has 0 aliphatic rings. The average Bonchev–Trinajstić information content (AvgIpc) is 2.47. The lowest BCUT2D eigenvalue weighted by Gasteiger charge is -2.21. The van der Waals surface area contributed by atoms with Gasteiger partial charge in [0.15, 0.2) is 0 Å². The van der Waals surface area contributed by atoms with Crippen LogP contribution in [0.5, 0.6) is 5.75 Å². The normalized spacial score (nSPS) is 12.2. The zero-order chi connectivity index (χ0) is 17.5. The van der Waals surface area contributed by atoms with Crippen molar-refractivity contribution in [3.8, 4) is 5.75 Å². The van der Waals surface area contributed by atoms with Gasteiger partial charge in [-0.15, -0.1) is 12.4 Å². The Kier molecular flexibility index (Phi) is 10.3. The Morgan fingerprint density at radius 3 is 2.67 bits per heavy atom. The highest BCUT2D eigenvalue weighted by atomic mass is 35.5. The monoisotopic (exact) mass is 398 g/mol. The first-order valence-electron chi connectivity index (χ1n) is 7.25. The lowest BCUT2D eigenvalue weighted by Crippen LogP contribution is -2.43. The predicted molar refractivity (Wildman–Crippen MR) is 98.8 cm³/mol. The first kappa shape index (κ1) is 23.0. The summed E-state index contributed by atoms with van der Waals surface area (Å²) in [6.45, 7) is 0.919. The molecule has 0 saturated carbocycles. The van der Waals surface area contributed by atoms with Crippen molar-refractivity contribution in [3.63, 3.8) is 0 Å². The molecule has 0 aliphatic heterocycles. The number of nitrogens with zero attached hydrogens (tertiary/aromatic N) is 1. The minimum absolute atomic E-state index is 0. The quantitative estimate of drug-likeness (QED) is 0.639. The van der Waals surface area contributed by atoms with E-state index in [9.17, 15) is 13.2 Å². The van der Waals surface area contributed by atoms with Gasteiger partial charge in [0.05, 0.1) is 18.4 Å². The maximum atomic E-state index is 12.0. The van der Waals surface area contributed by atoms with Gasteiger partial charge in [-0.3, -0.25) is 4.79 Å². The number of rotatable bonds is 9. The van der Waals surface area contributed by atoms with Crippen molar-refractivity contribution in [2.75, 3.05) is 32.2 Å². The number of hydrogen-bond acceptors (Lipinski definition) is 5. The third kappa shape index (κ3) is 9.32. The Morgan fingerprint density at radius 2 is 2.08 bits per heavy atom. The molecule has 0 saturated heterocycles. The van der Waals surface area contributed by atoms with E-state index in [1.165, 1.54) is 4.90 Å². The second-order valence-electron chi connectivity index (χ2n) is 5.44. The number of amides is 1. The third-order valence-corrected chi connectivity index (χ3v) is 4.41. The van der Waals surface area contributed by atoms with E-state index >= 15 is 0 Å². The molecule has 1 amide bonds. The second-order valence-corrected chi connectivity index (χ2v) is 8.14. The summed E-state index contributed by atoms with van der Waals surface area (Å²) in [5, 5.41) is 0.603. The standard InChI is InChI=1S/C15H23ClN2O4S.ClH/c1-18(15(19)14(17)7-10-23(2,20)21)8-4-9-22-13-6-3-5-12(16)11-13;/h3,5-6,11,14H,4,7-10,17H2,1-2H3;1H. The Balaban J connectivity index is 0.00000529. The maximum absolute atomic E-state index is 12.0. The van der Waals surface area contributed by atoms with Gasteiger partial charge in [0, 0.05) is 24.9 Å². The molecular formula is C15H24Cl2N2O4S. The summed E-state index contributed by atoms with van der Waals surface area (Å²) in [7, 11) is -1.47. The first-order valence-corrected chi connectivity index (χ1v) is 9.69. The molecule has 0 aromatic heterocycles. The van der Waals surface area contributed by atoms with Crippen molar-refractivity contribution in [2.24, 2.45) is 5.73 Å². The smallest absolute Gasteiger partial charge is 0.239 e. The van der Waals surface area contributed by atoms with E-state index in [1.807, 2.05) is 6.07 Å². The van der Waals surface area contributed by atoms with Gasteiger partial charge in [-0.05, 0) is 31.0 Å². The fourth-order valence-corrected chi connectivity index (χ4v) is 2.77. The highest BCUT2D eigenvalue weighted by Gasteiger charge is 2.19. The summed E-state index contributed by atoms with van der Waals surface area (Å²) in [4.78, 5) is 13.5. The SMILES string of the molecule is CN(CCCOc1cccc(Cl)c1)C(=O)C(N)CCS(C)(=O)=O.Cl. The minimum atomic E-state index is -3.12. The van der Waals surface area contributed by atoms with Gasteiger partial charge >= 0.3 is 0 Å². The van der Waals surface area contributed by atoms with Crippen LogP contribution >= 0.6 is 24.0 Å². The Hall–Kier alpha value is -1.02. The number of ether oxygens (including phenoxy) is 1. The van der Waals surface area contributed by atoms with Crippen LogP contribution in [-0.2, 0) is 14.6 Å². The number of benzene rings is 1. The lowest BCUT2D eigenvalue weighted by molar-refractivity contribution is -0.131.